The van der Waals surface area contributed by atoms with E-state index >= 15 is 0 Å². The van der Waals surface area contributed by atoms with Crippen molar-refractivity contribution in [3.05, 3.63) is 12.4 Å². The van der Waals surface area contributed by atoms with Crippen LogP contribution in [0.3, 0.4) is 0 Å². The number of hydrogen-bond donors (Lipinski definition) is 0. The molecule has 0 amide bonds. The highest BCUT2D eigenvalue weighted by molar-refractivity contribution is 4.96. The van der Waals surface area contributed by atoms with Crippen molar-refractivity contribution < 1.29 is 0 Å². The van der Waals surface area contributed by atoms with Gasteiger partial charge in [0.15, 0.2) is 0 Å². The SMILES string of the molecule is CCCCCCCCCCCCCCCCCCN1C=CN(CCCCCCCC)C1CCC. The van der Waals surface area contributed by atoms with Crippen LogP contribution in [-0.2, 0) is 0 Å². The molecule has 1 aliphatic heterocycles. The van der Waals surface area contributed by atoms with Crippen LogP contribution in [0, 0.1) is 0 Å². The zero-order valence-corrected chi connectivity index (χ0v) is 24.0. The maximum atomic E-state index is 2.64. The summed E-state index contributed by atoms with van der Waals surface area (Å²) in [6, 6.07) is 0. The van der Waals surface area contributed by atoms with Gasteiger partial charge in [0.1, 0.15) is 6.17 Å². The maximum absolute atomic E-state index is 2.64. The van der Waals surface area contributed by atoms with Gasteiger partial charge in [-0.1, -0.05) is 156 Å². The Labute approximate surface area is 216 Å². The molecule has 0 fully saturated rings. The first-order chi connectivity index (χ1) is 16.8. The molecule has 0 spiro atoms. The van der Waals surface area contributed by atoms with Crippen LogP contribution in [0.15, 0.2) is 12.4 Å². The van der Waals surface area contributed by atoms with E-state index in [9.17, 15) is 0 Å². The molecule has 1 rings (SSSR count). The van der Waals surface area contributed by atoms with Crippen LogP contribution in [-0.4, -0.2) is 29.1 Å². The average Bonchev–Trinajstić information content (AvgIpc) is 3.22. The monoisotopic (exact) mass is 477 g/mol. The summed E-state index contributed by atoms with van der Waals surface area (Å²) in [7, 11) is 0. The van der Waals surface area contributed by atoms with E-state index in [-0.39, 0.29) is 0 Å². The molecule has 2 nitrogen and oxygen atoms in total. The standard InChI is InChI=1S/C32H64N2/c1-4-7-9-11-13-14-15-16-17-18-19-20-21-22-24-26-29-34-31-30-33(32(34)27-6-3)28-25-23-12-10-8-5-2/h30-32H,4-29H2,1-3H3. The summed E-state index contributed by atoms with van der Waals surface area (Å²) in [6.07, 6.45) is 39.6. The van der Waals surface area contributed by atoms with E-state index < -0.39 is 0 Å². The van der Waals surface area contributed by atoms with E-state index in [1.807, 2.05) is 0 Å². The van der Waals surface area contributed by atoms with Gasteiger partial charge in [0.2, 0.25) is 0 Å². The Balaban J connectivity index is 1.94. The Morgan fingerprint density at radius 1 is 0.382 bits per heavy atom. The van der Waals surface area contributed by atoms with E-state index in [1.54, 1.807) is 0 Å². The summed E-state index contributed by atoms with van der Waals surface area (Å²) in [5, 5.41) is 0. The zero-order chi connectivity index (χ0) is 24.5. The molecule has 0 saturated heterocycles. The molecule has 0 N–H and O–H groups in total. The summed E-state index contributed by atoms with van der Waals surface area (Å²) in [6.45, 7) is 9.46. The molecule has 202 valence electrons. The van der Waals surface area contributed by atoms with Gasteiger partial charge in [-0.25, -0.2) is 0 Å². The Morgan fingerprint density at radius 2 is 0.676 bits per heavy atom. The zero-order valence-electron chi connectivity index (χ0n) is 24.0. The second-order valence-electron chi connectivity index (χ2n) is 11.1. The van der Waals surface area contributed by atoms with E-state index in [1.165, 1.54) is 167 Å². The van der Waals surface area contributed by atoms with Crippen molar-refractivity contribution in [2.45, 2.75) is 181 Å². The third kappa shape index (κ3) is 16.9. The highest BCUT2D eigenvalue weighted by Gasteiger charge is 2.24. The fourth-order valence-corrected chi connectivity index (χ4v) is 5.51. The third-order valence-corrected chi connectivity index (χ3v) is 7.80. The Bertz CT molecular complexity index is 433. The van der Waals surface area contributed by atoms with Crippen LogP contribution in [0.4, 0.5) is 0 Å². The summed E-state index contributed by atoms with van der Waals surface area (Å²) in [4.78, 5) is 5.28. The van der Waals surface area contributed by atoms with Crippen molar-refractivity contribution in [1.82, 2.24) is 9.80 Å². The van der Waals surface area contributed by atoms with Crippen molar-refractivity contribution in [2.24, 2.45) is 0 Å². The third-order valence-electron chi connectivity index (χ3n) is 7.80. The Kier molecular flexibility index (Phi) is 22.2. The normalized spacial score (nSPS) is 15.7. The molecule has 0 radical (unpaired) electrons. The van der Waals surface area contributed by atoms with Crippen molar-refractivity contribution in [1.29, 1.82) is 0 Å². The molecule has 1 atom stereocenters. The predicted molar refractivity (Wildman–Crippen MR) is 154 cm³/mol. The van der Waals surface area contributed by atoms with Gasteiger partial charge in [0.25, 0.3) is 0 Å². The molecule has 0 aliphatic carbocycles. The number of hydrogen-bond acceptors (Lipinski definition) is 2. The highest BCUT2D eigenvalue weighted by atomic mass is 15.4. The van der Waals surface area contributed by atoms with Crippen LogP contribution >= 0.6 is 0 Å². The Morgan fingerprint density at radius 3 is 0.971 bits per heavy atom. The van der Waals surface area contributed by atoms with Crippen molar-refractivity contribution in [3.63, 3.8) is 0 Å². The molecule has 0 aromatic heterocycles. The molecule has 2 heteroatoms. The number of rotatable bonds is 26. The lowest BCUT2D eigenvalue weighted by Crippen LogP contribution is -2.39. The fourth-order valence-electron chi connectivity index (χ4n) is 5.51. The van der Waals surface area contributed by atoms with E-state index in [0.29, 0.717) is 6.17 Å². The van der Waals surface area contributed by atoms with Crippen molar-refractivity contribution in [3.8, 4) is 0 Å². The minimum atomic E-state index is 0.636. The minimum absolute atomic E-state index is 0.636. The number of unbranched alkanes of at least 4 members (excludes halogenated alkanes) is 20. The second-order valence-corrected chi connectivity index (χ2v) is 11.1. The lowest BCUT2D eigenvalue weighted by molar-refractivity contribution is 0.138. The molecule has 0 aromatic rings. The topological polar surface area (TPSA) is 6.48 Å². The number of nitrogens with zero attached hydrogens (tertiary/aromatic N) is 2. The summed E-state index contributed by atoms with van der Waals surface area (Å²) < 4.78 is 0. The van der Waals surface area contributed by atoms with Gasteiger partial charge < -0.3 is 9.80 Å². The first kappa shape index (κ1) is 31.4. The quantitative estimate of drug-likeness (QED) is 0.114. The predicted octanol–water partition coefficient (Wildman–Crippen LogP) is 10.8. The fraction of sp³-hybridized carbons (Fsp3) is 0.938. The van der Waals surface area contributed by atoms with E-state index in [0.717, 1.165) is 0 Å². The van der Waals surface area contributed by atoms with Crippen LogP contribution in [0.25, 0.3) is 0 Å². The first-order valence-electron chi connectivity index (χ1n) is 16.0. The molecule has 1 aliphatic rings. The van der Waals surface area contributed by atoms with Crippen LogP contribution in [0.2, 0.25) is 0 Å². The molecule has 1 unspecified atom stereocenters. The summed E-state index contributed by atoms with van der Waals surface area (Å²) in [5.41, 5.74) is 0. The molecule has 1 heterocycles. The van der Waals surface area contributed by atoms with Gasteiger partial charge in [0, 0.05) is 25.5 Å². The highest BCUT2D eigenvalue weighted by Crippen LogP contribution is 2.22. The van der Waals surface area contributed by atoms with Gasteiger partial charge in [0.05, 0.1) is 0 Å². The molecule has 0 aromatic carbocycles. The first-order valence-corrected chi connectivity index (χ1v) is 16.0. The van der Waals surface area contributed by atoms with Crippen molar-refractivity contribution >= 4 is 0 Å². The summed E-state index contributed by atoms with van der Waals surface area (Å²) in [5.74, 6) is 0. The lowest BCUT2D eigenvalue weighted by Gasteiger charge is -2.33. The molecular weight excluding hydrogens is 412 g/mol. The van der Waals surface area contributed by atoms with Crippen molar-refractivity contribution in [2.75, 3.05) is 13.1 Å². The van der Waals surface area contributed by atoms with E-state index in [4.69, 9.17) is 0 Å². The van der Waals surface area contributed by atoms with Gasteiger partial charge in [-0.3, -0.25) is 0 Å². The average molecular weight is 477 g/mol. The van der Waals surface area contributed by atoms with Gasteiger partial charge in [-0.15, -0.1) is 0 Å². The van der Waals surface area contributed by atoms with Gasteiger partial charge in [-0.05, 0) is 19.3 Å². The molecular formula is C32H64N2. The van der Waals surface area contributed by atoms with Crippen LogP contribution in [0.1, 0.15) is 175 Å². The van der Waals surface area contributed by atoms with Crippen LogP contribution in [0.5, 0.6) is 0 Å². The van der Waals surface area contributed by atoms with Gasteiger partial charge in [-0.2, -0.15) is 0 Å². The largest absolute Gasteiger partial charge is 0.356 e. The summed E-state index contributed by atoms with van der Waals surface area (Å²) >= 11 is 0. The second kappa shape index (κ2) is 24.1. The smallest absolute Gasteiger partial charge is 0.101 e. The molecule has 0 bridgehead atoms. The maximum Gasteiger partial charge on any atom is 0.101 e. The minimum Gasteiger partial charge on any atom is -0.356 e. The van der Waals surface area contributed by atoms with Crippen LogP contribution < -0.4 is 0 Å². The lowest BCUT2D eigenvalue weighted by atomic mass is 10.0. The van der Waals surface area contributed by atoms with Gasteiger partial charge >= 0.3 is 0 Å². The molecule has 34 heavy (non-hydrogen) atoms. The van der Waals surface area contributed by atoms with E-state index in [2.05, 4.69) is 43.0 Å². The molecule has 0 saturated carbocycles. The Hall–Kier alpha value is -0.660.